The molecule has 0 fully saturated rings. The Morgan fingerprint density at radius 1 is 1.34 bits per heavy atom. The van der Waals surface area contributed by atoms with Crippen LogP contribution in [-0.4, -0.2) is 27.8 Å². The van der Waals surface area contributed by atoms with E-state index in [4.69, 9.17) is 17.3 Å². The lowest BCUT2D eigenvalue weighted by atomic mass is 10.0. The molecule has 7 nitrogen and oxygen atoms in total. The normalized spacial score (nSPS) is 11.1. The predicted octanol–water partition coefficient (Wildman–Crippen LogP) is 3.05. The van der Waals surface area contributed by atoms with Gasteiger partial charge in [0.1, 0.15) is 11.4 Å². The number of benzene rings is 2. The molecule has 0 unspecified atom stereocenters. The molecular weight excluding hydrogens is 408 g/mol. The summed E-state index contributed by atoms with van der Waals surface area (Å²) in [6, 6.07) is 2.16. The summed E-state index contributed by atoms with van der Waals surface area (Å²) in [5.41, 5.74) is 3.72. The van der Waals surface area contributed by atoms with E-state index < -0.39 is 35.2 Å². The summed E-state index contributed by atoms with van der Waals surface area (Å²) in [7, 11) is 1.43. The Bertz CT molecular complexity index is 1240. The number of nitrogens with zero attached hydrogens (tertiary/aromatic N) is 1. The van der Waals surface area contributed by atoms with Crippen molar-refractivity contribution in [2.24, 2.45) is 0 Å². The number of nitrogen functional groups attached to an aromatic ring is 1. The molecule has 2 aromatic carbocycles. The van der Waals surface area contributed by atoms with E-state index in [1.165, 1.54) is 24.6 Å². The quantitative estimate of drug-likeness (QED) is 0.479. The standard InChI is InChI=1S/C19H16ClF2N3O4/c1-7-13-17(14(20)16(24-2)15(7)22)25(5-9(18(13)27)19(28)29)12-4-11(23)10(21)3-8(12)6-26/h3-5,24,26H,6,23H2,1-2H3,(H,28,29). The number of halogens is 3. The van der Waals surface area contributed by atoms with E-state index in [0.717, 1.165) is 12.3 Å². The van der Waals surface area contributed by atoms with Gasteiger partial charge in [-0.15, -0.1) is 0 Å². The highest BCUT2D eigenvalue weighted by atomic mass is 35.5. The second kappa shape index (κ2) is 7.34. The smallest absolute Gasteiger partial charge is 0.341 e. The topological polar surface area (TPSA) is 118 Å². The van der Waals surface area contributed by atoms with Gasteiger partial charge in [-0.05, 0) is 19.1 Å². The van der Waals surface area contributed by atoms with E-state index in [9.17, 15) is 28.6 Å². The van der Waals surface area contributed by atoms with Gasteiger partial charge in [0.15, 0.2) is 5.82 Å². The fourth-order valence-corrected chi connectivity index (χ4v) is 3.59. The maximum Gasteiger partial charge on any atom is 0.341 e. The molecule has 1 heterocycles. The lowest BCUT2D eigenvalue weighted by Crippen LogP contribution is -2.21. The Labute approximate surface area is 167 Å². The van der Waals surface area contributed by atoms with Crippen molar-refractivity contribution in [2.75, 3.05) is 18.1 Å². The molecule has 0 aliphatic carbocycles. The van der Waals surface area contributed by atoms with Crippen molar-refractivity contribution < 1.29 is 23.8 Å². The van der Waals surface area contributed by atoms with Crippen LogP contribution in [0.5, 0.6) is 0 Å². The van der Waals surface area contributed by atoms with Crippen molar-refractivity contribution in [3.05, 3.63) is 61.9 Å². The van der Waals surface area contributed by atoms with E-state index >= 15 is 0 Å². The molecule has 3 aromatic rings. The highest BCUT2D eigenvalue weighted by molar-refractivity contribution is 6.38. The maximum absolute atomic E-state index is 14.8. The summed E-state index contributed by atoms with van der Waals surface area (Å²) in [5, 5.41) is 21.3. The number of aliphatic hydroxyl groups is 1. The van der Waals surface area contributed by atoms with Crippen LogP contribution >= 0.6 is 11.6 Å². The first-order valence-corrected chi connectivity index (χ1v) is 8.68. The first-order valence-electron chi connectivity index (χ1n) is 8.31. The Hall–Kier alpha value is -3.17. The van der Waals surface area contributed by atoms with Crippen LogP contribution in [0.4, 0.5) is 20.2 Å². The van der Waals surface area contributed by atoms with Crippen molar-refractivity contribution in [1.29, 1.82) is 0 Å². The average molecular weight is 424 g/mol. The second-order valence-corrected chi connectivity index (χ2v) is 6.69. The molecule has 0 saturated heterocycles. The van der Waals surface area contributed by atoms with E-state index in [0.29, 0.717) is 0 Å². The van der Waals surface area contributed by atoms with Gasteiger partial charge < -0.3 is 25.8 Å². The molecule has 0 amide bonds. The number of nitrogens with two attached hydrogens (primary N) is 1. The third kappa shape index (κ3) is 3.08. The summed E-state index contributed by atoms with van der Waals surface area (Å²) >= 11 is 6.37. The number of aryl methyl sites for hydroxylation is 1. The van der Waals surface area contributed by atoms with Gasteiger partial charge >= 0.3 is 5.97 Å². The summed E-state index contributed by atoms with van der Waals surface area (Å²) in [4.78, 5) is 24.4. The van der Waals surface area contributed by atoms with E-state index in [1.807, 2.05) is 0 Å². The van der Waals surface area contributed by atoms with Crippen molar-refractivity contribution in [3.8, 4) is 5.69 Å². The third-order valence-corrected chi connectivity index (χ3v) is 5.03. The molecular formula is C19H16ClF2N3O4. The zero-order valence-electron chi connectivity index (χ0n) is 15.3. The SMILES string of the molecule is CNc1c(F)c(C)c2c(=O)c(C(=O)O)cn(-c3cc(N)c(F)cc3CO)c2c1Cl. The zero-order chi connectivity index (χ0) is 21.6. The zero-order valence-corrected chi connectivity index (χ0v) is 16.1. The second-order valence-electron chi connectivity index (χ2n) is 6.31. The molecule has 0 atom stereocenters. The van der Waals surface area contributed by atoms with E-state index in [2.05, 4.69) is 5.32 Å². The van der Waals surface area contributed by atoms with Gasteiger partial charge in [-0.25, -0.2) is 13.6 Å². The first kappa shape index (κ1) is 20.6. The van der Waals surface area contributed by atoms with Crippen LogP contribution in [0.2, 0.25) is 5.02 Å². The molecule has 0 bridgehead atoms. The van der Waals surface area contributed by atoms with Gasteiger partial charge in [-0.3, -0.25) is 4.79 Å². The molecule has 0 saturated carbocycles. The number of aromatic nitrogens is 1. The lowest BCUT2D eigenvalue weighted by molar-refractivity contribution is 0.0695. The fourth-order valence-electron chi connectivity index (χ4n) is 3.22. The first-order chi connectivity index (χ1) is 13.6. The Balaban J connectivity index is 2.66. The van der Waals surface area contributed by atoms with Crippen LogP contribution in [0.25, 0.3) is 16.6 Å². The molecule has 3 rings (SSSR count). The number of rotatable bonds is 4. The minimum absolute atomic E-state index is 0.00868. The largest absolute Gasteiger partial charge is 0.477 e. The van der Waals surface area contributed by atoms with Crippen molar-refractivity contribution in [1.82, 2.24) is 4.57 Å². The Kier molecular flexibility index (Phi) is 5.20. The molecule has 0 spiro atoms. The highest BCUT2D eigenvalue weighted by Crippen LogP contribution is 2.37. The monoisotopic (exact) mass is 423 g/mol. The van der Waals surface area contributed by atoms with E-state index in [1.54, 1.807) is 0 Å². The van der Waals surface area contributed by atoms with Crippen LogP contribution in [0.3, 0.4) is 0 Å². The molecule has 152 valence electrons. The van der Waals surface area contributed by atoms with Crippen LogP contribution in [0.15, 0.2) is 23.1 Å². The molecule has 10 heteroatoms. The molecule has 0 radical (unpaired) electrons. The van der Waals surface area contributed by atoms with E-state index in [-0.39, 0.29) is 44.1 Å². The molecule has 0 aliphatic rings. The third-order valence-electron chi connectivity index (χ3n) is 4.67. The summed E-state index contributed by atoms with van der Waals surface area (Å²) in [6.07, 6.45) is 0.988. The minimum Gasteiger partial charge on any atom is -0.477 e. The fraction of sp³-hybridized carbons (Fsp3) is 0.158. The number of carboxylic acid groups (broad SMARTS) is 1. The van der Waals surface area contributed by atoms with Crippen molar-refractivity contribution >= 4 is 39.8 Å². The minimum atomic E-state index is -1.54. The van der Waals surface area contributed by atoms with Crippen molar-refractivity contribution in [3.63, 3.8) is 0 Å². The molecule has 0 aliphatic heterocycles. The Morgan fingerprint density at radius 3 is 2.55 bits per heavy atom. The van der Waals surface area contributed by atoms with Gasteiger partial charge in [-0.1, -0.05) is 11.6 Å². The van der Waals surface area contributed by atoms with Gasteiger partial charge in [-0.2, -0.15) is 0 Å². The number of pyridine rings is 1. The van der Waals surface area contributed by atoms with Gasteiger partial charge in [0.2, 0.25) is 5.43 Å². The number of hydrogen-bond donors (Lipinski definition) is 4. The van der Waals surface area contributed by atoms with Gasteiger partial charge in [0.05, 0.1) is 39.6 Å². The summed E-state index contributed by atoms with van der Waals surface area (Å²) in [6.45, 7) is 0.706. The van der Waals surface area contributed by atoms with Crippen LogP contribution < -0.4 is 16.5 Å². The number of anilines is 2. The highest BCUT2D eigenvalue weighted by Gasteiger charge is 2.25. The number of fused-ring (bicyclic) bond motifs is 1. The number of aliphatic hydroxyl groups excluding tert-OH is 1. The van der Waals surface area contributed by atoms with Crippen LogP contribution in [-0.2, 0) is 6.61 Å². The summed E-state index contributed by atoms with van der Waals surface area (Å²) < 4.78 is 29.8. The van der Waals surface area contributed by atoms with Crippen molar-refractivity contribution in [2.45, 2.75) is 13.5 Å². The average Bonchev–Trinajstić information content (AvgIpc) is 2.68. The van der Waals surface area contributed by atoms with Crippen LogP contribution in [0, 0.1) is 18.6 Å². The number of carbonyl (C=O) groups is 1. The Morgan fingerprint density at radius 2 is 2.00 bits per heavy atom. The molecule has 5 N–H and O–H groups in total. The number of aromatic carboxylic acids is 1. The number of carboxylic acids is 1. The number of hydrogen-bond acceptors (Lipinski definition) is 5. The van der Waals surface area contributed by atoms with Gasteiger partial charge in [0.25, 0.3) is 0 Å². The maximum atomic E-state index is 14.8. The molecule has 29 heavy (non-hydrogen) atoms. The number of nitrogens with one attached hydrogen (secondary N) is 1. The predicted molar refractivity (Wildman–Crippen MR) is 106 cm³/mol. The molecule has 1 aromatic heterocycles. The lowest BCUT2D eigenvalue weighted by Gasteiger charge is -2.20. The summed E-state index contributed by atoms with van der Waals surface area (Å²) in [5.74, 6) is -3.14. The van der Waals surface area contributed by atoms with Crippen LogP contribution in [0.1, 0.15) is 21.5 Å². The van der Waals surface area contributed by atoms with Gasteiger partial charge in [0, 0.05) is 24.4 Å².